The number of benzene rings is 3. The number of aryl methyl sites for hydroxylation is 2. The molecule has 356 valence electrons. The molecule has 3 aromatic rings. The van der Waals surface area contributed by atoms with Gasteiger partial charge >= 0.3 is 7.54 Å². The zero-order valence-electron chi connectivity index (χ0n) is 38.3. The summed E-state index contributed by atoms with van der Waals surface area (Å²) in [5, 5.41) is 0.856. The van der Waals surface area contributed by atoms with Crippen LogP contribution in [-0.4, -0.2) is 82.5 Å². The van der Waals surface area contributed by atoms with Crippen LogP contribution in [0.3, 0.4) is 0 Å². The highest BCUT2D eigenvalue weighted by Crippen LogP contribution is 2.51. The maximum atomic E-state index is 11.7. The molecular weight excluding hydrogens is 1080 g/mol. The predicted molar refractivity (Wildman–Crippen MR) is 267 cm³/mol. The minimum absolute atomic E-state index is 0. The Kier molecular flexibility index (Phi) is 20.7. The van der Waals surface area contributed by atoms with Gasteiger partial charge in [-0.25, -0.2) is 8.42 Å². The van der Waals surface area contributed by atoms with E-state index in [9.17, 15) is 21.4 Å². The Bertz CT molecular complexity index is 2420. The second kappa shape index (κ2) is 23.9. The molecule has 6 rings (SSSR count). The highest BCUT2D eigenvalue weighted by molar-refractivity contribution is 9.42. The maximum Gasteiger partial charge on any atom is 0.762 e. The van der Waals surface area contributed by atoms with Crippen molar-refractivity contribution in [1.82, 2.24) is 0 Å². The lowest BCUT2D eigenvalue weighted by molar-refractivity contribution is -0.442. The van der Waals surface area contributed by atoms with Crippen molar-refractivity contribution in [3.05, 3.63) is 123 Å². The van der Waals surface area contributed by atoms with E-state index in [2.05, 4.69) is 147 Å². The largest absolute Gasteiger partial charge is 1.00 e. The van der Waals surface area contributed by atoms with Crippen LogP contribution in [0.2, 0.25) is 0 Å². The normalized spacial score (nSPS) is 17.6. The lowest BCUT2D eigenvalue weighted by Gasteiger charge is -2.27. The van der Waals surface area contributed by atoms with E-state index in [1.54, 1.807) is 46.6 Å². The van der Waals surface area contributed by atoms with Crippen LogP contribution < -0.4 is 19.1 Å². The Labute approximate surface area is 412 Å². The zero-order chi connectivity index (χ0) is 47.8. The van der Waals surface area contributed by atoms with Crippen LogP contribution in [-0.2, 0) is 30.1 Å². The van der Waals surface area contributed by atoms with Gasteiger partial charge in [-0.05, 0) is 159 Å². The third-order valence-electron chi connectivity index (χ3n) is 11.5. The van der Waals surface area contributed by atoms with Gasteiger partial charge in [-0.1, -0.05) is 55.8 Å². The Hall–Kier alpha value is -2.93. The Morgan fingerprint density at radius 2 is 1.40 bits per heavy atom. The van der Waals surface area contributed by atoms with Crippen LogP contribution in [0.4, 0.5) is 24.3 Å². The second-order valence-corrected chi connectivity index (χ2v) is 27.2. The van der Waals surface area contributed by atoms with Crippen molar-refractivity contribution in [1.29, 1.82) is 0 Å². The monoisotopic (exact) mass is 1140 g/mol. The number of halogens is 8. The van der Waals surface area contributed by atoms with E-state index in [4.69, 9.17) is 30.5 Å². The average molecular weight is 1140 g/mol. The fraction of sp³-hybridized carbons (Fsp3) is 0.426. The number of hydrogen-bond acceptors (Lipinski definition) is 7. The third-order valence-corrected chi connectivity index (χ3v) is 17.3. The molecule has 65 heavy (non-hydrogen) atoms. The molecule has 18 heteroatoms. The molecule has 0 saturated carbocycles. The fourth-order valence-electron chi connectivity index (χ4n) is 8.32. The highest BCUT2D eigenvalue weighted by atomic mass is 80.0. The summed E-state index contributed by atoms with van der Waals surface area (Å²) >= 11 is 16.2. The molecule has 0 fully saturated rings. The van der Waals surface area contributed by atoms with Gasteiger partial charge in [-0.3, -0.25) is 12.9 Å². The summed E-state index contributed by atoms with van der Waals surface area (Å²) < 4.78 is 75.9. The van der Waals surface area contributed by atoms with Crippen molar-refractivity contribution in [2.45, 2.75) is 78.0 Å². The van der Waals surface area contributed by atoms with Crippen LogP contribution >= 0.6 is 59.4 Å². The van der Waals surface area contributed by atoms with Gasteiger partial charge in [0, 0.05) is 59.8 Å². The second-order valence-electron chi connectivity index (χ2n) is 16.4. The SMILES string of the molecule is COCCN1/C(=C\C=C2/CCCC(/C=C/C3=[N+](CCOC)c4c(C)cc(OC)cc4C3(C)C)=C2Cl)C(C)(C)c2cc(OC)cc(C)c21.FB(F)F.O=S(=O)(c1ccccc1)C(Br)(Br)Br.[F-]. The summed E-state index contributed by atoms with van der Waals surface area (Å²) in [5.41, 5.74) is 11.8. The quantitative estimate of drug-likeness (QED) is 0.0774. The van der Waals surface area contributed by atoms with Crippen molar-refractivity contribution in [2.75, 3.05) is 59.6 Å². The lowest BCUT2D eigenvalue weighted by Crippen LogP contribution is -3.00. The molecule has 8 nitrogen and oxygen atoms in total. The maximum absolute atomic E-state index is 11.7. The standard InChI is InChI=1S/C40H52ClN2O4.C7H5Br3O2S.BF3.FH/c1-26-22-30(46-9)24-32-37(26)42(18-20-44-7)34(39(32,3)4)16-14-28-12-11-13-29(36(28)41)15-17-35-40(5,6)33-25-31(47-10)23-27(2)38(33)43(35)19-21-45-8;8-7(9,10)13(11,12)6-4-2-1-3-5-6;2-1(3)4;/h14-17,22-25H,11-13,18-21H2,1-10H3;1-5H;;1H/q+1;;;/p-1. The third kappa shape index (κ3) is 13.0. The van der Waals surface area contributed by atoms with E-state index in [-0.39, 0.29) is 20.4 Å². The van der Waals surface area contributed by atoms with E-state index >= 15 is 0 Å². The molecule has 0 aromatic heterocycles. The van der Waals surface area contributed by atoms with Gasteiger partial charge in [-0.15, -0.1) is 0 Å². The summed E-state index contributed by atoms with van der Waals surface area (Å²) in [6.45, 7) is 16.3. The Balaban J connectivity index is 0.000000525. The number of nitrogens with zero attached hydrogens (tertiary/aromatic N) is 2. The van der Waals surface area contributed by atoms with Gasteiger partial charge in [0.15, 0.2) is 12.3 Å². The summed E-state index contributed by atoms with van der Waals surface area (Å²) in [5.74, 6) is 1.77. The van der Waals surface area contributed by atoms with E-state index in [0.29, 0.717) is 13.2 Å². The molecule has 0 unspecified atom stereocenters. The summed E-state index contributed by atoms with van der Waals surface area (Å²) in [4.78, 5) is 2.66. The van der Waals surface area contributed by atoms with Gasteiger partial charge in [0.2, 0.25) is 17.0 Å². The summed E-state index contributed by atoms with van der Waals surface area (Å²) in [6, 6.07) is 16.8. The van der Waals surface area contributed by atoms with Crippen molar-refractivity contribution < 1.29 is 49.6 Å². The van der Waals surface area contributed by atoms with E-state index < -0.39 is 18.9 Å². The van der Waals surface area contributed by atoms with Crippen LogP contribution in [0.1, 0.15) is 69.2 Å². The van der Waals surface area contributed by atoms with Gasteiger partial charge in [0.05, 0.1) is 31.1 Å². The molecule has 1 aliphatic carbocycles. The van der Waals surface area contributed by atoms with Gasteiger partial charge in [-0.2, -0.15) is 4.58 Å². The number of fused-ring (bicyclic) bond motifs is 2. The van der Waals surface area contributed by atoms with Crippen molar-refractivity contribution in [2.24, 2.45) is 0 Å². The van der Waals surface area contributed by atoms with Crippen LogP contribution in [0.15, 0.2) is 106 Å². The number of sulfone groups is 1. The van der Waals surface area contributed by atoms with Crippen molar-refractivity contribution >= 4 is 93.9 Å². The minimum Gasteiger partial charge on any atom is -1.00 e. The topological polar surface area (TPSA) is 77.3 Å². The molecule has 0 atom stereocenters. The molecule has 0 radical (unpaired) electrons. The van der Waals surface area contributed by atoms with Crippen LogP contribution in [0.25, 0.3) is 0 Å². The molecule has 3 aromatic carbocycles. The molecule has 0 bridgehead atoms. The zero-order valence-corrected chi connectivity index (χ0v) is 44.6. The van der Waals surface area contributed by atoms with E-state index in [1.807, 2.05) is 0 Å². The first-order chi connectivity index (χ1) is 30.0. The molecule has 2 heterocycles. The summed E-state index contributed by atoms with van der Waals surface area (Å²) in [7, 11) is -0.110. The fourth-order valence-corrected chi connectivity index (χ4v) is 11.1. The first kappa shape index (κ1) is 56.4. The van der Waals surface area contributed by atoms with Crippen LogP contribution in [0, 0.1) is 13.8 Å². The number of methoxy groups -OCH3 is 4. The Morgan fingerprint density at radius 3 is 1.95 bits per heavy atom. The number of rotatable bonds is 12. The number of hydrogen-bond donors (Lipinski definition) is 0. The van der Waals surface area contributed by atoms with Gasteiger partial charge in [0.25, 0.3) is 0 Å². The smallest absolute Gasteiger partial charge is 0.762 e. The molecule has 3 aliphatic rings. The molecule has 2 aliphatic heterocycles. The molecule has 0 N–H and O–H groups in total. The average Bonchev–Trinajstić information content (AvgIpc) is 3.59. The van der Waals surface area contributed by atoms with Gasteiger partial charge in [0.1, 0.15) is 18.1 Å². The van der Waals surface area contributed by atoms with E-state index in [1.165, 1.54) is 68.3 Å². The highest BCUT2D eigenvalue weighted by Gasteiger charge is 2.46. The number of allylic oxidation sites excluding steroid dienone is 8. The van der Waals surface area contributed by atoms with Crippen molar-refractivity contribution in [3.63, 3.8) is 0 Å². The molecule has 0 amide bonds. The number of ether oxygens (including phenoxy) is 4. The first-order valence-corrected chi connectivity index (χ1v) is 24.8. The summed E-state index contributed by atoms with van der Waals surface area (Å²) in [6.07, 6.45) is 12.0. The molecule has 0 saturated heterocycles. The predicted octanol–water partition coefficient (Wildman–Crippen LogP) is 9.97. The van der Waals surface area contributed by atoms with Gasteiger partial charge < -0.3 is 28.6 Å². The van der Waals surface area contributed by atoms with Crippen molar-refractivity contribution in [3.8, 4) is 11.5 Å². The minimum atomic E-state index is -3.67. The Morgan fingerprint density at radius 1 is 0.831 bits per heavy atom. The first-order valence-electron chi connectivity index (χ1n) is 20.5. The van der Waals surface area contributed by atoms with E-state index in [0.717, 1.165) is 48.9 Å². The molecular formula is C47H57BBr3ClF4N2O6S. The number of anilines is 1. The molecule has 0 spiro atoms. The van der Waals surface area contributed by atoms with Crippen LogP contribution in [0.5, 0.6) is 11.5 Å². The number of alkyl halides is 3. The lowest BCUT2D eigenvalue weighted by atomic mass is 9.80.